The number of thiophene rings is 2. The Labute approximate surface area is 207 Å². The molecule has 0 unspecified atom stereocenters. The topological polar surface area (TPSA) is 0 Å². The van der Waals surface area contributed by atoms with Crippen LogP contribution in [0, 0.1) is 0 Å². The number of rotatable bonds is 12. The highest BCUT2D eigenvalue weighted by Crippen LogP contribution is 2.40. The maximum absolute atomic E-state index is 3.67. The first kappa shape index (κ1) is 24.2. The number of hydrogen-bond donors (Lipinski definition) is 0. The van der Waals surface area contributed by atoms with Gasteiger partial charge in [-0.1, -0.05) is 52.4 Å². The van der Waals surface area contributed by atoms with Crippen molar-refractivity contribution in [1.82, 2.24) is 0 Å². The lowest BCUT2D eigenvalue weighted by molar-refractivity contribution is 0.664. The van der Waals surface area contributed by atoms with Gasteiger partial charge in [0.15, 0.2) is 0 Å². The molecule has 0 radical (unpaired) electrons. The average molecular weight is 568 g/mol. The van der Waals surface area contributed by atoms with E-state index in [2.05, 4.69) is 82.1 Å². The Morgan fingerprint density at radius 3 is 1.37 bits per heavy atom. The van der Waals surface area contributed by atoms with Crippen molar-refractivity contribution < 1.29 is 0 Å². The molecule has 0 fully saturated rings. The predicted molar refractivity (Wildman–Crippen MR) is 144 cm³/mol. The number of aryl methyl sites for hydroxylation is 2. The summed E-state index contributed by atoms with van der Waals surface area (Å²) in [5, 5.41) is 0. The zero-order chi connectivity index (χ0) is 21.3. The van der Waals surface area contributed by atoms with Crippen LogP contribution in [0.4, 0.5) is 0 Å². The van der Waals surface area contributed by atoms with Gasteiger partial charge in [-0.05, 0) is 116 Å². The van der Waals surface area contributed by atoms with Crippen LogP contribution in [0.15, 0.2) is 44.0 Å². The molecule has 0 bridgehead atoms. The lowest BCUT2D eigenvalue weighted by Gasteiger charge is -2.16. The molecular formula is C26H32Br2S2. The van der Waals surface area contributed by atoms with Crippen molar-refractivity contribution in [2.24, 2.45) is 0 Å². The fraction of sp³-hybridized carbons (Fsp3) is 0.462. The number of benzene rings is 1. The van der Waals surface area contributed by atoms with Gasteiger partial charge in [0.1, 0.15) is 0 Å². The van der Waals surface area contributed by atoms with Crippen molar-refractivity contribution in [1.29, 1.82) is 0 Å². The molecule has 2 aromatic heterocycles. The van der Waals surface area contributed by atoms with Gasteiger partial charge in [0, 0.05) is 9.75 Å². The summed E-state index contributed by atoms with van der Waals surface area (Å²) in [6.07, 6.45) is 12.8. The average Bonchev–Trinajstić information content (AvgIpc) is 3.37. The molecule has 162 valence electrons. The molecule has 0 amide bonds. The molecule has 4 heteroatoms. The second-order valence-corrected chi connectivity index (χ2v) is 12.9. The van der Waals surface area contributed by atoms with Crippen molar-refractivity contribution in [3.63, 3.8) is 0 Å². The standard InChI is InChI=1S/C26H32Br2S2/c1-3-5-7-9-11-19-17-22(24-14-16-26(28)30-24)20(12-10-8-6-4-2)18-21(19)23-13-15-25(27)29-23/h13-18H,3-12H2,1-2H3. The molecule has 0 aliphatic heterocycles. The maximum Gasteiger partial charge on any atom is 0.0705 e. The summed E-state index contributed by atoms with van der Waals surface area (Å²) < 4.78 is 2.43. The Hall–Kier alpha value is -0.420. The second-order valence-electron chi connectivity index (χ2n) is 8.00. The van der Waals surface area contributed by atoms with Crippen LogP contribution in [0.5, 0.6) is 0 Å². The monoisotopic (exact) mass is 566 g/mol. The third-order valence-corrected chi connectivity index (χ3v) is 8.92. The highest BCUT2D eigenvalue weighted by molar-refractivity contribution is 9.11. The van der Waals surface area contributed by atoms with Crippen molar-refractivity contribution in [2.75, 3.05) is 0 Å². The highest BCUT2D eigenvalue weighted by atomic mass is 79.9. The first-order valence-corrected chi connectivity index (χ1v) is 14.5. The quantitative estimate of drug-likeness (QED) is 0.191. The summed E-state index contributed by atoms with van der Waals surface area (Å²) in [6, 6.07) is 14.0. The van der Waals surface area contributed by atoms with E-state index < -0.39 is 0 Å². The maximum atomic E-state index is 3.67. The molecule has 0 atom stereocenters. The van der Waals surface area contributed by atoms with E-state index in [1.807, 2.05) is 22.7 Å². The molecule has 0 saturated carbocycles. The molecule has 0 nitrogen and oxygen atoms in total. The van der Waals surface area contributed by atoms with Crippen LogP contribution in [0.2, 0.25) is 0 Å². The van der Waals surface area contributed by atoms with Crippen molar-refractivity contribution in [3.8, 4) is 20.9 Å². The van der Waals surface area contributed by atoms with E-state index in [1.54, 1.807) is 0 Å². The molecule has 2 heterocycles. The van der Waals surface area contributed by atoms with E-state index in [0.717, 1.165) is 0 Å². The molecule has 0 saturated heterocycles. The van der Waals surface area contributed by atoms with Crippen LogP contribution in [-0.2, 0) is 12.8 Å². The summed E-state index contributed by atoms with van der Waals surface area (Å²) in [4.78, 5) is 2.78. The summed E-state index contributed by atoms with van der Waals surface area (Å²) in [5.41, 5.74) is 5.92. The third-order valence-electron chi connectivity index (χ3n) is 5.61. The number of hydrogen-bond acceptors (Lipinski definition) is 2. The van der Waals surface area contributed by atoms with E-state index in [4.69, 9.17) is 0 Å². The van der Waals surface area contributed by atoms with Gasteiger partial charge >= 0.3 is 0 Å². The summed E-state index contributed by atoms with van der Waals surface area (Å²) in [6.45, 7) is 4.57. The van der Waals surface area contributed by atoms with Gasteiger partial charge in [0.25, 0.3) is 0 Å². The van der Waals surface area contributed by atoms with Gasteiger partial charge < -0.3 is 0 Å². The van der Waals surface area contributed by atoms with Crippen LogP contribution in [0.1, 0.15) is 76.3 Å². The Morgan fingerprint density at radius 2 is 1.03 bits per heavy atom. The zero-order valence-corrected chi connectivity index (χ0v) is 22.9. The molecule has 30 heavy (non-hydrogen) atoms. The first-order chi connectivity index (χ1) is 14.6. The number of unbranched alkanes of at least 4 members (excludes halogenated alkanes) is 6. The molecule has 3 rings (SSSR count). The SMILES string of the molecule is CCCCCCc1cc(-c2ccc(Br)s2)c(CCCCCC)cc1-c1ccc(Br)s1. The van der Waals surface area contributed by atoms with E-state index >= 15 is 0 Å². The zero-order valence-electron chi connectivity index (χ0n) is 18.1. The minimum absolute atomic E-state index is 1.17. The van der Waals surface area contributed by atoms with Gasteiger partial charge in [-0.15, -0.1) is 22.7 Å². The van der Waals surface area contributed by atoms with Crippen molar-refractivity contribution in [2.45, 2.75) is 78.1 Å². The van der Waals surface area contributed by atoms with Gasteiger partial charge in [0.2, 0.25) is 0 Å². The Morgan fingerprint density at radius 1 is 0.600 bits per heavy atom. The molecular weight excluding hydrogens is 536 g/mol. The minimum Gasteiger partial charge on any atom is -0.128 e. The highest BCUT2D eigenvalue weighted by Gasteiger charge is 2.15. The summed E-state index contributed by atoms with van der Waals surface area (Å²) in [5.74, 6) is 0. The van der Waals surface area contributed by atoms with Crippen LogP contribution < -0.4 is 0 Å². The molecule has 3 aromatic rings. The van der Waals surface area contributed by atoms with E-state index in [1.165, 1.54) is 104 Å². The van der Waals surface area contributed by atoms with E-state index in [-0.39, 0.29) is 0 Å². The normalized spacial score (nSPS) is 11.3. The Kier molecular flexibility index (Phi) is 10.2. The fourth-order valence-corrected chi connectivity index (χ4v) is 6.84. The molecule has 0 N–H and O–H groups in total. The minimum atomic E-state index is 1.17. The van der Waals surface area contributed by atoms with Crippen LogP contribution >= 0.6 is 54.5 Å². The summed E-state index contributed by atoms with van der Waals surface area (Å²) >= 11 is 11.1. The largest absolute Gasteiger partial charge is 0.128 e. The fourth-order valence-electron chi connectivity index (χ4n) is 3.96. The van der Waals surface area contributed by atoms with Gasteiger partial charge in [-0.25, -0.2) is 0 Å². The van der Waals surface area contributed by atoms with E-state index in [9.17, 15) is 0 Å². The lowest BCUT2D eigenvalue weighted by Crippen LogP contribution is -1.97. The van der Waals surface area contributed by atoms with Gasteiger partial charge in [-0.2, -0.15) is 0 Å². The van der Waals surface area contributed by atoms with Crippen molar-refractivity contribution >= 4 is 54.5 Å². The predicted octanol–water partition coefficient (Wildman–Crippen LogP) is 10.9. The van der Waals surface area contributed by atoms with E-state index in [0.29, 0.717) is 0 Å². The lowest BCUT2D eigenvalue weighted by atomic mass is 9.91. The smallest absolute Gasteiger partial charge is 0.0705 e. The summed E-state index contributed by atoms with van der Waals surface area (Å²) in [7, 11) is 0. The van der Waals surface area contributed by atoms with Crippen LogP contribution in [0.25, 0.3) is 20.9 Å². The first-order valence-electron chi connectivity index (χ1n) is 11.3. The van der Waals surface area contributed by atoms with Crippen molar-refractivity contribution in [3.05, 3.63) is 55.1 Å². The molecule has 0 aliphatic rings. The van der Waals surface area contributed by atoms with Gasteiger partial charge in [-0.3, -0.25) is 0 Å². The second kappa shape index (κ2) is 12.6. The van der Waals surface area contributed by atoms with Gasteiger partial charge in [0.05, 0.1) is 7.57 Å². The Bertz CT molecular complexity index is 847. The Balaban J connectivity index is 1.99. The molecule has 1 aromatic carbocycles. The third kappa shape index (κ3) is 6.79. The molecule has 0 spiro atoms. The van der Waals surface area contributed by atoms with Crippen LogP contribution in [0.3, 0.4) is 0 Å². The number of halogens is 2. The van der Waals surface area contributed by atoms with Crippen LogP contribution in [-0.4, -0.2) is 0 Å². The molecule has 0 aliphatic carbocycles.